The molecule has 1 aromatic carbocycles. The Labute approximate surface area is 136 Å². The molecule has 0 aliphatic carbocycles. The van der Waals surface area contributed by atoms with Gasteiger partial charge in [0.2, 0.25) is 0 Å². The molecule has 6 heteroatoms. The summed E-state index contributed by atoms with van der Waals surface area (Å²) < 4.78 is 1.80. The van der Waals surface area contributed by atoms with Crippen molar-refractivity contribution in [3.8, 4) is 0 Å². The van der Waals surface area contributed by atoms with Crippen LogP contribution in [0.25, 0.3) is 0 Å². The van der Waals surface area contributed by atoms with Crippen molar-refractivity contribution < 1.29 is 4.79 Å². The number of hydrogen-bond donors (Lipinski definition) is 1. The highest BCUT2D eigenvalue weighted by Gasteiger charge is 2.18. The quantitative estimate of drug-likeness (QED) is 0.798. The molecule has 0 radical (unpaired) electrons. The van der Waals surface area contributed by atoms with E-state index in [-0.39, 0.29) is 12.1 Å². The average Bonchev–Trinajstić information content (AvgIpc) is 2.98. The minimum Gasteiger partial charge on any atom is -0.328 e. The second kappa shape index (κ2) is 8.12. The number of aromatic nitrogens is 3. The first-order valence-electron chi connectivity index (χ1n) is 7.66. The van der Waals surface area contributed by atoms with Gasteiger partial charge in [-0.2, -0.15) is 0 Å². The third-order valence-electron chi connectivity index (χ3n) is 3.62. The Hall–Kier alpha value is -2.63. The Morgan fingerprint density at radius 1 is 1.43 bits per heavy atom. The van der Waals surface area contributed by atoms with Crippen molar-refractivity contribution in [1.29, 1.82) is 0 Å². The second-order valence-corrected chi connectivity index (χ2v) is 5.44. The molecule has 0 saturated heterocycles. The zero-order valence-electron chi connectivity index (χ0n) is 13.6. The number of hydrogen-bond acceptors (Lipinski definition) is 3. The van der Waals surface area contributed by atoms with Crippen LogP contribution in [0.5, 0.6) is 0 Å². The summed E-state index contributed by atoms with van der Waals surface area (Å²) in [5.41, 5.74) is 1.20. The SMILES string of the molecule is C=CCN(CCc1ccccc1)C(=O)N[C@H](C)c1nncn1C. The molecule has 0 saturated carbocycles. The lowest BCUT2D eigenvalue weighted by Crippen LogP contribution is -2.42. The Balaban J connectivity index is 1.95. The highest BCUT2D eigenvalue weighted by atomic mass is 16.2. The van der Waals surface area contributed by atoms with Gasteiger partial charge in [-0.3, -0.25) is 0 Å². The molecule has 0 fully saturated rings. The molecule has 1 aromatic heterocycles. The van der Waals surface area contributed by atoms with Crippen LogP contribution in [0.4, 0.5) is 4.79 Å². The molecule has 1 N–H and O–H groups in total. The maximum Gasteiger partial charge on any atom is 0.318 e. The zero-order valence-corrected chi connectivity index (χ0v) is 13.6. The molecule has 6 nitrogen and oxygen atoms in total. The third kappa shape index (κ3) is 4.67. The van der Waals surface area contributed by atoms with E-state index in [1.807, 2.05) is 32.2 Å². The highest BCUT2D eigenvalue weighted by molar-refractivity contribution is 5.74. The molecule has 23 heavy (non-hydrogen) atoms. The summed E-state index contributed by atoms with van der Waals surface area (Å²) in [6, 6.07) is 9.78. The second-order valence-electron chi connectivity index (χ2n) is 5.44. The molecule has 1 atom stereocenters. The largest absolute Gasteiger partial charge is 0.328 e. The molecule has 0 spiro atoms. The molecule has 0 aliphatic heterocycles. The fraction of sp³-hybridized carbons (Fsp3) is 0.353. The molecule has 122 valence electrons. The number of benzene rings is 1. The predicted molar refractivity (Wildman–Crippen MR) is 89.9 cm³/mol. The van der Waals surface area contributed by atoms with Crippen LogP contribution in [0.1, 0.15) is 24.4 Å². The molecule has 1 heterocycles. The minimum atomic E-state index is -0.209. The van der Waals surface area contributed by atoms with Gasteiger partial charge in [-0.1, -0.05) is 36.4 Å². The van der Waals surface area contributed by atoms with Crippen molar-refractivity contribution in [2.45, 2.75) is 19.4 Å². The summed E-state index contributed by atoms with van der Waals surface area (Å²) in [5, 5.41) is 10.8. The van der Waals surface area contributed by atoms with Crippen molar-refractivity contribution in [2.75, 3.05) is 13.1 Å². The monoisotopic (exact) mass is 313 g/mol. The Morgan fingerprint density at radius 3 is 2.78 bits per heavy atom. The van der Waals surface area contributed by atoms with E-state index in [0.29, 0.717) is 13.1 Å². The van der Waals surface area contributed by atoms with Crippen LogP contribution in [0.2, 0.25) is 0 Å². The van der Waals surface area contributed by atoms with Gasteiger partial charge in [0.05, 0.1) is 6.04 Å². The Morgan fingerprint density at radius 2 is 2.17 bits per heavy atom. The van der Waals surface area contributed by atoms with Gasteiger partial charge >= 0.3 is 6.03 Å². The fourth-order valence-electron chi connectivity index (χ4n) is 2.37. The van der Waals surface area contributed by atoms with Gasteiger partial charge in [0.25, 0.3) is 0 Å². The molecule has 2 aromatic rings. The smallest absolute Gasteiger partial charge is 0.318 e. The topological polar surface area (TPSA) is 63.1 Å². The van der Waals surface area contributed by atoms with E-state index < -0.39 is 0 Å². The van der Waals surface area contributed by atoms with E-state index >= 15 is 0 Å². The van der Waals surface area contributed by atoms with Crippen LogP contribution in [0.15, 0.2) is 49.3 Å². The summed E-state index contributed by atoms with van der Waals surface area (Å²) in [6.07, 6.45) is 4.16. The Bertz CT molecular complexity index is 637. The van der Waals surface area contributed by atoms with Gasteiger partial charge in [-0.15, -0.1) is 16.8 Å². The molecule has 0 unspecified atom stereocenters. The summed E-state index contributed by atoms with van der Waals surface area (Å²) in [4.78, 5) is 14.2. The third-order valence-corrected chi connectivity index (χ3v) is 3.62. The van der Waals surface area contributed by atoms with Crippen molar-refractivity contribution in [2.24, 2.45) is 7.05 Å². The van der Waals surface area contributed by atoms with Crippen LogP contribution < -0.4 is 5.32 Å². The summed E-state index contributed by atoms with van der Waals surface area (Å²) in [6.45, 7) is 6.76. The summed E-state index contributed by atoms with van der Waals surface area (Å²) in [7, 11) is 1.86. The molecular weight excluding hydrogens is 290 g/mol. The number of amides is 2. The molecule has 2 amide bonds. The maximum absolute atomic E-state index is 12.5. The first kappa shape index (κ1) is 16.7. The van der Waals surface area contributed by atoms with Crippen LogP contribution in [-0.4, -0.2) is 38.8 Å². The summed E-state index contributed by atoms with van der Waals surface area (Å²) in [5.74, 6) is 0.722. The number of nitrogens with one attached hydrogen (secondary N) is 1. The number of carbonyl (C=O) groups is 1. The lowest BCUT2D eigenvalue weighted by Gasteiger charge is -2.24. The van der Waals surface area contributed by atoms with E-state index in [0.717, 1.165) is 12.2 Å². The predicted octanol–water partition coefficient (Wildman–Crippen LogP) is 2.32. The maximum atomic E-state index is 12.5. The molecule has 0 aliphatic rings. The summed E-state index contributed by atoms with van der Waals surface area (Å²) >= 11 is 0. The van der Waals surface area contributed by atoms with Gasteiger partial charge in [0, 0.05) is 20.1 Å². The molecule has 2 rings (SSSR count). The zero-order chi connectivity index (χ0) is 16.7. The van der Waals surface area contributed by atoms with Crippen molar-refractivity contribution in [1.82, 2.24) is 25.0 Å². The van der Waals surface area contributed by atoms with Crippen LogP contribution in [-0.2, 0) is 13.5 Å². The lowest BCUT2D eigenvalue weighted by atomic mass is 10.1. The number of nitrogens with zero attached hydrogens (tertiary/aromatic N) is 4. The van der Waals surface area contributed by atoms with Gasteiger partial charge in [0.1, 0.15) is 6.33 Å². The first-order valence-corrected chi connectivity index (χ1v) is 7.66. The average molecular weight is 313 g/mol. The van der Waals surface area contributed by atoms with Crippen LogP contribution in [0, 0.1) is 0 Å². The van der Waals surface area contributed by atoms with E-state index in [1.54, 1.807) is 21.9 Å². The lowest BCUT2D eigenvalue weighted by molar-refractivity contribution is 0.200. The highest BCUT2D eigenvalue weighted by Crippen LogP contribution is 2.09. The number of aryl methyl sites for hydroxylation is 1. The van der Waals surface area contributed by atoms with Crippen LogP contribution >= 0.6 is 0 Å². The van der Waals surface area contributed by atoms with E-state index in [4.69, 9.17) is 0 Å². The fourth-order valence-corrected chi connectivity index (χ4v) is 2.37. The molecular formula is C17H23N5O. The van der Waals surface area contributed by atoms with Gasteiger partial charge in [0.15, 0.2) is 5.82 Å². The Kier molecular flexibility index (Phi) is 5.91. The number of carbonyl (C=O) groups excluding carboxylic acids is 1. The van der Waals surface area contributed by atoms with Crippen molar-refractivity contribution in [3.63, 3.8) is 0 Å². The molecule has 0 bridgehead atoms. The normalized spacial score (nSPS) is 11.7. The van der Waals surface area contributed by atoms with Crippen molar-refractivity contribution >= 4 is 6.03 Å². The van der Waals surface area contributed by atoms with E-state index in [1.165, 1.54) is 5.56 Å². The minimum absolute atomic E-state index is 0.128. The number of urea groups is 1. The number of rotatable bonds is 7. The van der Waals surface area contributed by atoms with Gasteiger partial charge in [-0.25, -0.2) is 4.79 Å². The van der Waals surface area contributed by atoms with Crippen molar-refractivity contribution in [3.05, 3.63) is 60.7 Å². The van der Waals surface area contributed by atoms with Gasteiger partial charge < -0.3 is 14.8 Å². The standard InChI is InChI=1S/C17H23N5O/c1-4-11-22(12-10-15-8-6-5-7-9-15)17(23)19-14(2)16-20-18-13-21(16)3/h4-9,13-14H,1,10-12H2,2-3H3,(H,19,23)/t14-/m1/s1. The van der Waals surface area contributed by atoms with E-state index in [2.05, 4.69) is 34.2 Å². The van der Waals surface area contributed by atoms with Crippen LogP contribution in [0.3, 0.4) is 0 Å². The first-order chi connectivity index (χ1) is 11.1. The van der Waals surface area contributed by atoms with Gasteiger partial charge in [-0.05, 0) is 18.9 Å². The van der Waals surface area contributed by atoms with E-state index in [9.17, 15) is 4.79 Å².